The van der Waals surface area contributed by atoms with Gasteiger partial charge in [-0.1, -0.05) is 0 Å². The average molecular weight is 286 g/mol. The number of thiophene rings is 1. The molecule has 0 fully saturated rings. The summed E-state index contributed by atoms with van der Waals surface area (Å²) in [5, 5.41) is 16.7. The highest BCUT2D eigenvalue weighted by atomic mass is 32.2. The minimum atomic E-state index is -3.56. The zero-order valence-corrected chi connectivity index (χ0v) is 10.8. The fraction of sp³-hybridized carbons (Fsp3) is 0.200. The van der Waals surface area contributed by atoms with E-state index in [9.17, 15) is 13.2 Å². The van der Waals surface area contributed by atoms with E-state index < -0.39 is 21.7 Å². The van der Waals surface area contributed by atoms with Gasteiger partial charge in [0.1, 0.15) is 0 Å². The van der Waals surface area contributed by atoms with Crippen molar-refractivity contribution >= 4 is 33.4 Å². The molecular weight excluding hydrogens is 276 g/mol. The number of carboxylic acids is 1. The summed E-state index contributed by atoms with van der Waals surface area (Å²) in [4.78, 5) is 11.8. The van der Waals surface area contributed by atoms with Crippen molar-refractivity contribution in [3.63, 3.8) is 0 Å². The largest absolute Gasteiger partial charge is 0.478 e. The molecule has 18 heavy (non-hydrogen) atoms. The zero-order chi connectivity index (χ0) is 13.6. The first kappa shape index (κ1) is 14.4. The first-order chi connectivity index (χ1) is 8.43. The van der Waals surface area contributed by atoms with Crippen molar-refractivity contribution in [1.29, 1.82) is 5.26 Å². The maximum absolute atomic E-state index is 11.2. The van der Waals surface area contributed by atoms with E-state index in [-0.39, 0.29) is 6.54 Å². The molecule has 8 heteroatoms. The van der Waals surface area contributed by atoms with Crippen LogP contribution in [0, 0.1) is 11.3 Å². The van der Waals surface area contributed by atoms with E-state index in [4.69, 9.17) is 10.4 Å². The molecule has 0 saturated heterocycles. The topological polar surface area (TPSA) is 107 Å². The van der Waals surface area contributed by atoms with Gasteiger partial charge in [-0.15, -0.1) is 11.3 Å². The summed E-state index contributed by atoms with van der Waals surface area (Å²) in [7, 11) is -3.56. The molecule has 0 spiro atoms. The molecule has 1 heterocycles. The highest BCUT2D eigenvalue weighted by Crippen LogP contribution is 2.17. The number of nitrogens with zero attached hydrogens (tertiary/aromatic N) is 1. The van der Waals surface area contributed by atoms with E-state index in [1.54, 1.807) is 18.2 Å². The SMILES string of the molecule is N#CCS(=O)(=O)NCc1ccc(C=CC(=O)O)s1. The predicted molar refractivity (Wildman–Crippen MR) is 67.2 cm³/mol. The zero-order valence-electron chi connectivity index (χ0n) is 9.16. The van der Waals surface area contributed by atoms with E-state index in [1.807, 2.05) is 0 Å². The van der Waals surface area contributed by atoms with E-state index in [1.165, 1.54) is 17.4 Å². The molecule has 2 N–H and O–H groups in total. The summed E-state index contributed by atoms with van der Waals surface area (Å²) in [5.74, 6) is -1.62. The average Bonchev–Trinajstić information content (AvgIpc) is 2.72. The maximum atomic E-state index is 11.2. The van der Waals surface area contributed by atoms with Crippen molar-refractivity contribution in [3.8, 4) is 6.07 Å². The Morgan fingerprint density at radius 3 is 2.89 bits per heavy atom. The van der Waals surface area contributed by atoms with Crippen LogP contribution in [-0.4, -0.2) is 25.2 Å². The summed E-state index contributed by atoms with van der Waals surface area (Å²) in [6, 6.07) is 4.95. The van der Waals surface area contributed by atoms with Crippen LogP contribution in [0.3, 0.4) is 0 Å². The standard InChI is InChI=1S/C10H10N2O4S2/c11-5-6-18(15,16)12-7-9-2-1-8(17-9)3-4-10(13)14/h1-4,12H,6-7H2,(H,13,14). The highest BCUT2D eigenvalue weighted by Gasteiger charge is 2.09. The second-order valence-corrected chi connectivity index (χ2v) is 6.22. The highest BCUT2D eigenvalue weighted by molar-refractivity contribution is 7.89. The van der Waals surface area contributed by atoms with Crippen molar-refractivity contribution in [1.82, 2.24) is 4.72 Å². The fourth-order valence-electron chi connectivity index (χ4n) is 1.05. The lowest BCUT2D eigenvalue weighted by Gasteiger charge is -2.00. The summed E-state index contributed by atoms with van der Waals surface area (Å²) < 4.78 is 24.7. The fourth-order valence-corrected chi connectivity index (χ4v) is 2.64. The van der Waals surface area contributed by atoms with Gasteiger partial charge < -0.3 is 5.11 Å². The van der Waals surface area contributed by atoms with Crippen molar-refractivity contribution < 1.29 is 18.3 Å². The van der Waals surface area contributed by atoms with Crippen LogP contribution in [0.5, 0.6) is 0 Å². The smallest absolute Gasteiger partial charge is 0.328 e. The van der Waals surface area contributed by atoms with Crippen molar-refractivity contribution in [2.75, 3.05) is 5.75 Å². The lowest BCUT2D eigenvalue weighted by molar-refractivity contribution is -0.131. The third-order valence-corrected chi connectivity index (χ3v) is 3.94. The molecular formula is C10H10N2O4S2. The van der Waals surface area contributed by atoms with Gasteiger partial charge in [0.2, 0.25) is 10.0 Å². The van der Waals surface area contributed by atoms with Crippen LogP contribution in [0.25, 0.3) is 6.08 Å². The molecule has 0 atom stereocenters. The van der Waals surface area contributed by atoms with Gasteiger partial charge in [-0.05, 0) is 18.2 Å². The quantitative estimate of drug-likeness (QED) is 0.752. The van der Waals surface area contributed by atoms with Crippen molar-refractivity contribution in [3.05, 3.63) is 28.0 Å². The normalized spacial score (nSPS) is 11.5. The molecule has 0 aliphatic rings. The summed E-state index contributed by atoms with van der Waals surface area (Å²) in [5.41, 5.74) is 0. The van der Waals surface area contributed by atoms with E-state index >= 15 is 0 Å². The number of nitriles is 1. The maximum Gasteiger partial charge on any atom is 0.328 e. The second kappa shape index (κ2) is 6.30. The molecule has 1 aromatic rings. The van der Waals surface area contributed by atoms with Gasteiger partial charge in [0, 0.05) is 22.4 Å². The van der Waals surface area contributed by atoms with Gasteiger partial charge in [-0.3, -0.25) is 0 Å². The Labute approximate surface area is 108 Å². The third kappa shape index (κ3) is 5.09. The van der Waals surface area contributed by atoms with Gasteiger partial charge in [0.15, 0.2) is 5.75 Å². The molecule has 96 valence electrons. The van der Waals surface area contributed by atoms with E-state index in [2.05, 4.69) is 4.72 Å². The van der Waals surface area contributed by atoms with Crippen LogP contribution >= 0.6 is 11.3 Å². The summed E-state index contributed by atoms with van der Waals surface area (Å²) >= 11 is 1.27. The molecule has 0 aliphatic heterocycles. The molecule has 0 amide bonds. The Kier molecular flexibility index (Phi) is 5.03. The molecule has 0 aliphatic carbocycles. The minimum absolute atomic E-state index is 0.0928. The number of nitrogens with one attached hydrogen (secondary N) is 1. The molecule has 1 rings (SSSR count). The predicted octanol–water partition coefficient (Wildman–Crippen LogP) is 0.789. The monoisotopic (exact) mass is 286 g/mol. The Morgan fingerprint density at radius 2 is 2.28 bits per heavy atom. The number of hydrogen-bond donors (Lipinski definition) is 2. The van der Waals surface area contributed by atoms with Crippen LogP contribution < -0.4 is 4.72 Å². The van der Waals surface area contributed by atoms with Gasteiger partial charge >= 0.3 is 5.97 Å². The van der Waals surface area contributed by atoms with Crippen LogP contribution in [0.4, 0.5) is 0 Å². The third-order valence-electron chi connectivity index (χ3n) is 1.79. The van der Waals surface area contributed by atoms with Crippen LogP contribution in [-0.2, 0) is 21.4 Å². The van der Waals surface area contributed by atoms with Gasteiger partial charge in [-0.25, -0.2) is 17.9 Å². The van der Waals surface area contributed by atoms with Gasteiger partial charge in [-0.2, -0.15) is 5.26 Å². The Bertz CT molecular complexity index is 596. The minimum Gasteiger partial charge on any atom is -0.478 e. The lowest BCUT2D eigenvalue weighted by Crippen LogP contribution is -2.24. The summed E-state index contributed by atoms with van der Waals surface area (Å²) in [6.45, 7) is 0.0928. The molecule has 0 aromatic carbocycles. The first-order valence-electron chi connectivity index (χ1n) is 4.77. The number of hydrogen-bond acceptors (Lipinski definition) is 5. The second-order valence-electron chi connectivity index (χ2n) is 3.21. The van der Waals surface area contributed by atoms with E-state index in [0.29, 0.717) is 4.88 Å². The van der Waals surface area contributed by atoms with Gasteiger partial charge in [0.05, 0.1) is 6.07 Å². The number of aliphatic carboxylic acids is 1. The van der Waals surface area contributed by atoms with Gasteiger partial charge in [0.25, 0.3) is 0 Å². The van der Waals surface area contributed by atoms with Crippen molar-refractivity contribution in [2.24, 2.45) is 0 Å². The molecule has 0 radical (unpaired) electrons. The van der Waals surface area contributed by atoms with Crippen LogP contribution in [0.1, 0.15) is 9.75 Å². The number of carbonyl (C=O) groups is 1. The van der Waals surface area contributed by atoms with E-state index in [0.717, 1.165) is 11.0 Å². The number of sulfonamides is 1. The molecule has 1 aromatic heterocycles. The molecule has 0 unspecified atom stereocenters. The van der Waals surface area contributed by atoms with Crippen LogP contribution in [0.2, 0.25) is 0 Å². The number of rotatable bonds is 6. The number of carboxylic acid groups (broad SMARTS) is 1. The lowest BCUT2D eigenvalue weighted by atomic mass is 10.4. The Morgan fingerprint density at radius 1 is 1.56 bits per heavy atom. The summed E-state index contributed by atoms with van der Waals surface area (Å²) in [6.07, 6.45) is 2.44. The van der Waals surface area contributed by atoms with Crippen molar-refractivity contribution in [2.45, 2.75) is 6.54 Å². The Balaban J connectivity index is 2.60. The van der Waals surface area contributed by atoms with Crippen LogP contribution in [0.15, 0.2) is 18.2 Å². The first-order valence-corrected chi connectivity index (χ1v) is 7.24. The molecule has 6 nitrogen and oxygen atoms in total. The Hall–Kier alpha value is -1.69. The molecule has 0 saturated carbocycles. The molecule has 0 bridgehead atoms.